The maximum absolute atomic E-state index is 11.5. The van der Waals surface area contributed by atoms with Crippen LogP contribution in [0.1, 0.15) is 39.0 Å². The molecule has 0 heterocycles. The Labute approximate surface area is 110 Å². The topological polar surface area (TPSA) is 64.3 Å². The molecule has 1 amide bonds. The quantitative estimate of drug-likeness (QED) is 0.620. The summed E-state index contributed by atoms with van der Waals surface area (Å²) in [7, 11) is 0. The molecule has 1 aliphatic rings. The minimum atomic E-state index is -0.0288. The summed E-state index contributed by atoms with van der Waals surface area (Å²) in [4.78, 5) is 11.5. The number of ether oxygens (including phenoxy) is 1. The lowest BCUT2D eigenvalue weighted by Crippen LogP contribution is -2.43. The Morgan fingerprint density at radius 3 is 2.71 bits per heavy atom. The molecule has 0 aliphatic heterocycles. The predicted octanol–water partition coefficient (Wildman–Crippen LogP) is 1.47. The fraction of sp³-hybridized carbons (Fsp3) is 0.917. The van der Waals surface area contributed by atoms with Crippen molar-refractivity contribution in [2.45, 2.75) is 45.1 Å². The van der Waals surface area contributed by atoms with Crippen LogP contribution in [0.4, 0.5) is 0 Å². The van der Waals surface area contributed by atoms with Gasteiger partial charge in [0.2, 0.25) is 5.91 Å². The summed E-state index contributed by atoms with van der Waals surface area (Å²) < 4.78 is 5.29. The van der Waals surface area contributed by atoms with Crippen LogP contribution >= 0.6 is 12.4 Å². The molecule has 5 heteroatoms. The number of unbranched alkanes of at least 4 members (excludes halogenated alkanes) is 2. The van der Waals surface area contributed by atoms with E-state index in [4.69, 9.17) is 10.5 Å². The summed E-state index contributed by atoms with van der Waals surface area (Å²) in [5.41, 5.74) is 5.60. The first-order valence-corrected chi connectivity index (χ1v) is 6.35. The fourth-order valence-electron chi connectivity index (χ4n) is 1.74. The van der Waals surface area contributed by atoms with Crippen LogP contribution < -0.4 is 11.1 Å². The average molecular weight is 265 g/mol. The first-order chi connectivity index (χ1) is 7.77. The number of carbonyl (C=O) groups is 1. The third-order valence-corrected chi connectivity index (χ3v) is 2.92. The van der Waals surface area contributed by atoms with Crippen LogP contribution in [0.3, 0.4) is 0 Å². The summed E-state index contributed by atoms with van der Waals surface area (Å²) in [5, 5.41) is 2.93. The Kier molecular flexibility index (Phi) is 9.50. The van der Waals surface area contributed by atoms with Gasteiger partial charge in [-0.05, 0) is 25.2 Å². The third-order valence-electron chi connectivity index (χ3n) is 2.92. The van der Waals surface area contributed by atoms with Crippen molar-refractivity contribution in [3.8, 4) is 0 Å². The second kappa shape index (κ2) is 9.68. The molecule has 4 nitrogen and oxygen atoms in total. The van der Waals surface area contributed by atoms with Gasteiger partial charge in [0.1, 0.15) is 6.61 Å². The highest BCUT2D eigenvalue weighted by atomic mass is 35.5. The molecule has 0 aromatic rings. The Morgan fingerprint density at radius 2 is 2.18 bits per heavy atom. The van der Waals surface area contributed by atoms with E-state index in [0.29, 0.717) is 19.1 Å². The van der Waals surface area contributed by atoms with Crippen molar-refractivity contribution in [3.05, 3.63) is 0 Å². The van der Waals surface area contributed by atoms with E-state index in [-0.39, 0.29) is 31.0 Å². The van der Waals surface area contributed by atoms with Crippen molar-refractivity contribution in [1.82, 2.24) is 5.32 Å². The molecule has 0 saturated heterocycles. The second-order valence-corrected chi connectivity index (χ2v) is 4.51. The summed E-state index contributed by atoms with van der Waals surface area (Å²) in [6.45, 7) is 3.53. The van der Waals surface area contributed by atoms with E-state index in [1.54, 1.807) is 0 Å². The van der Waals surface area contributed by atoms with Gasteiger partial charge >= 0.3 is 0 Å². The summed E-state index contributed by atoms with van der Waals surface area (Å²) >= 11 is 0. The van der Waals surface area contributed by atoms with Crippen LogP contribution in [0.25, 0.3) is 0 Å². The van der Waals surface area contributed by atoms with Gasteiger partial charge in [-0.15, -0.1) is 12.4 Å². The third kappa shape index (κ3) is 7.58. The van der Waals surface area contributed by atoms with Gasteiger partial charge in [-0.25, -0.2) is 0 Å². The van der Waals surface area contributed by atoms with E-state index in [1.165, 1.54) is 19.3 Å². The van der Waals surface area contributed by atoms with E-state index < -0.39 is 0 Å². The van der Waals surface area contributed by atoms with Crippen LogP contribution in [0, 0.1) is 5.92 Å². The molecular formula is C12H25ClN2O2. The van der Waals surface area contributed by atoms with Crippen molar-refractivity contribution in [1.29, 1.82) is 0 Å². The fourth-order valence-corrected chi connectivity index (χ4v) is 1.74. The molecule has 0 radical (unpaired) electrons. The first kappa shape index (κ1) is 16.7. The van der Waals surface area contributed by atoms with Crippen LogP contribution in [-0.2, 0) is 9.53 Å². The molecule has 1 rings (SSSR count). The van der Waals surface area contributed by atoms with Crippen molar-refractivity contribution in [2.24, 2.45) is 11.7 Å². The molecule has 1 aliphatic carbocycles. The first-order valence-electron chi connectivity index (χ1n) is 6.35. The summed E-state index contributed by atoms with van der Waals surface area (Å²) in [6.07, 6.45) is 5.76. The molecule has 1 fully saturated rings. The van der Waals surface area contributed by atoms with Crippen LogP contribution in [0.5, 0.6) is 0 Å². The van der Waals surface area contributed by atoms with Gasteiger partial charge in [0.25, 0.3) is 0 Å². The lowest BCUT2D eigenvalue weighted by atomic mass is 10.2. The largest absolute Gasteiger partial charge is 0.372 e. The van der Waals surface area contributed by atoms with Gasteiger partial charge in [-0.3, -0.25) is 4.79 Å². The lowest BCUT2D eigenvalue weighted by molar-refractivity contribution is -0.126. The zero-order chi connectivity index (χ0) is 11.8. The maximum Gasteiger partial charge on any atom is 0.246 e. The van der Waals surface area contributed by atoms with E-state index in [0.717, 1.165) is 12.8 Å². The van der Waals surface area contributed by atoms with Crippen molar-refractivity contribution >= 4 is 18.3 Å². The molecule has 102 valence electrons. The Balaban J connectivity index is 0.00000256. The molecule has 1 unspecified atom stereocenters. The number of nitrogens with two attached hydrogens (primary N) is 1. The van der Waals surface area contributed by atoms with Crippen LogP contribution in [-0.4, -0.2) is 31.7 Å². The maximum atomic E-state index is 11.5. The Morgan fingerprint density at radius 1 is 1.47 bits per heavy atom. The monoisotopic (exact) mass is 264 g/mol. The molecule has 0 bridgehead atoms. The van der Waals surface area contributed by atoms with Crippen molar-refractivity contribution < 1.29 is 9.53 Å². The summed E-state index contributed by atoms with van der Waals surface area (Å²) in [5.74, 6) is 0.577. The van der Waals surface area contributed by atoms with Gasteiger partial charge in [0, 0.05) is 19.2 Å². The number of amides is 1. The van der Waals surface area contributed by atoms with E-state index in [1.807, 2.05) is 0 Å². The summed E-state index contributed by atoms with van der Waals surface area (Å²) in [6, 6.07) is 0.159. The molecule has 3 N–H and O–H groups in total. The molecular weight excluding hydrogens is 240 g/mol. The standard InChI is InChI=1S/C12H24N2O2.ClH/c1-2-3-4-7-16-9-12(15)14-11(8-13)10-5-6-10;/h10-11H,2-9,13H2,1H3,(H,14,15);1H. The minimum absolute atomic E-state index is 0. The van der Waals surface area contributed by atoms with Crippen LogP contribution in [0.2, 0.25) is 0 Å². The van der Waals surface area contributed by atoms with Gasteiger partial charge in [-0.1, -0.05) is 19.8 Å². The molecule has 17 heavy (non-hydrogen) atoms. The normalized spacial score (nSPS) is 16.1. The molecule has 0 aromatic carbocycles. The number of carbonyl (C=O) groups excluding carboxylic acids is 1. The molecule has 1 saturated carbocycles. The van der Waals surface area contributed by atoms with Gasteiger partial charge in [0.15, 0.2) is 0 Å². The second-order valence-electron chi connectivity index (χ2n) is 4.51. The van der Waals surface area contributed by atoms with E-state index in [9.17, 15) is 4.79 Å². The van der Waals surface area contributed by atoms with Gasteiger partial charge in [0.05, 0.1) is 0 Å². The Hall–Kier alpha value is -0.320. The van der Waals surface area contributed by atoms with Crippen molar-refractivity contribution in [3.63, 3.8) is 0 Å². The highest BCUT2D eigenvalue weighted by molar-refractivity contribution is 5.85. The highest BCUT2D eigenvalue weighted by Gasteiger charge is 2.31. The van der Waals surface area contributed by atoms with E-state index >= 15 is 0 Å². The number of rotatable bonds is 9. The Bertz CT molecular complexity index is 211. The zero-order valence-electron chi connectivity index (χ0n) is 10.6. The molecule has 0 spiro atoms. The predicted molar refractivity (Wildman–Crippen MR) is 71.3 cm³/mol. The lowest BCUT2D eigenvalue weighted by Gasteiger charge is -2.15. The van der Waals surface area contributed by atoms with Gasteiger partial charge < -0.3 is 15.8 Å². The highest BCUT2D eigenvalue weighted by Crippen LogP contribution is 2.32. The minimum Gasteiger partial charge on any atom is -0.372 e. The smallest absolute Gasteiger partial charge is 0.246 e. The number of nitrogens with one attached hydrogen (secondary N) is 1. The van der Waals surface area contributed by atoms with E-state index in [2.05, 4.69) is 12.2 Å². The number of hydrogen-bond acceptors (Lipinski definition) is 3. The SMILES string of the molecule is CCCCCOCC(=O)NC(CN)C1CC1.Cl. The van der Waals surface area contributed by atoms with Gasteiger partial charge in [-0.2, -0.15) is 0 Å². The average Bonchev–Trinajstić information content (AvgIpc) is 3.09. The number of halogens is 1. The van der Waals surface area contributed by atoms with Crippen molar-refractivity contribution in [2.75, 3.05) is 19.8 Å². The number of hydrogen-bond donors (Lipinski definition) is 2. The van der Waals surface area contributed by atoms with Crippen LogP contribution in [0.15, 0.2) is 0 Å². The molecule has 0 aromatic heterocycles. The zero-order valence-corrected chi connectivity index (χ0v) is 11.4. The molecule has 1 atom stereocenters.